The summed E-state index contributed by atoms with van der Waals surface area (Å²) in [6.45, 7) is 11.2. The van der Waals surface area contributed by atoms with Crippen molar-refractivity contribution in [2.75, 3.05) is 13.2 Å². The van der Waals surface area contributed by atoms with Crippen LogP contribution in [0.3, 0.4) is 0 Å². The molecule has 2 aliphatic heterocycles. The third kappa shape index (κ3) is 3.58. The first-order chi connectivity index (χ1) is 9.22. The minimum Gasteiger partial charge on any atom is -0.460 e. The van der Waals surface area contributed by atoms with E-state index in [4.69, 9.17) is 23.7 Å². The standard InChI is InChI=1S/C14H22O6/c1-6-11(15)16-7-9-12(20-14(4,5)19-9)10-8-17-13(2,3)18-10/h6,9-10,12H,1,7-8H2,2-5H3/t9-,10+,12+/m1/s1. The third-order valence-corrected chi connectivity index (χ3v) is 3.17. The lowest BCUT2D eigenvalue weighted by Crippen LogP contribution is -2.40. The molecule has 0 bridgehead atoms. The van der Waals surface area contributed by atoms with Crippen LogP contribution in [0, 0.1) is 0 Å². The van der Waals surface area contributed by atoms with Crippen molar-refractivity contribution in [3.05, 3.63) is 12.7 Å². The second-order valence-corrected chi connectivity index (χ2v) is 5.84. The molecule has 0 N–H and O–H groups in total. The van der Waals surface area contributed by atoms with Crippen LogP contribution in [0.5, 0.6) is 0 Å². The Morgan fingerprint density at radius 1 is 1.25 bits per heavy atom. The number of carbonyl (C=O) groups excluding carboxylic acids is 1. The Morgan fingerprint density at radius 2 is 1.95 bits per heavy atom. The van der Waals surface area contributed by atoms with Crippen LogP contribution >= 0.6 is 0 Å². The Bertz CT molecular complexity index is 389. The summed E-state index contributed by atoms with van der Waals surface area (Å²) >= 11 is 0. The van der Waals surface area contributed by atoms with Crippen molar-refractivity contribution in [2.24, 2.45) is 0 Å². The zero-order valence-electron chi connectivity index (χ0n) is 12.4. The van der Waals surface area contributed by atoms with Gasteiger partial charge in [-0.1, -0.05) is 6.58 Å². The van der Waals surface area contributed by atoms with Crippen molar-refractivity contribution in [3.63, 3.8) is 0 Å². The Morgan fingerprint density at radius 3 is 2.50 bits per heavy atom. The smallest absolute Gasteiger partial charge is 0.330 e. The van der Waals surface area contributed by atoms with Crippen molar-refractivity contribution < 1.29 is 28.5 Å². The van der Waals surface area contributed by atoms with E-state index in [9.17, 15) is 4.79 Å². The van der Waals surface area contributed by atoms with Crippen LogP contribution in [0.25, 0.3) is 0 Å². The molecule has 0 aliphatic carbocycles. The van der Waals surface area contributed by atoms with Gasteiger partial charge in [0.25, 0.3) is 0 Å². The second-order valence-electron chi connectivity index (χ2n) is 5.84. The SMILES string of the molecule is C=CC(=O)OC[C@H]1OC(C)(C)O[C@@H]1[C@@H]1COC(C)(C)O1. The van der Waals surface area contributed by atoms with Crippen molar-refractivity contribution in [1.82, 2.24) is 0 Å². The van der Waals surface area contributed by atoms with Gasteiger partial charge >= 0.3 is 5.97 Å². The van der Waals surface area contributed by atoms with Gasteiger partial charge in [-0.15, -0.1) is 0 Å². The van der Waals surface area contributed by atoms with Crippen LogP contribution in [-0.4, -0.2) is 49.1 Å². The third-order valence-electron chi connectivity index (χ3n) is 3.17. The predicted octanol–water partition coefficient (Wildman–Crippen LogP) is 1.39. The highest BCUT2D eigenvalue weighted by atomic mass is 16.8. The molecule has 3 atom stereocenters. The number of esters is 1. The van der Waals surface area contributed by atoms with Crippen LogP contribution in [-0.2, 0) is 28.5 Å². The normalized spacial score (nSPS) is 34.9. The Hall–Kier alpha value is -0.950. The largest absolute Gasteiger partial charge is 0.460 e. The Labute approximate surface area is 119 Å². The molecule has 20 heavy (non-hydrogen) atoms. The monoisotopic (exact) mass is 286 g/mol. The highest BCUT2D eigenvalue weighted by molar-refractivity contribution is 5.81. The van der Waals surface area contributed by atoms with Gasteiger partial charge in [0.1, 0.15) is 24.9 Å². The molecule has 0 radical (unpaired) electrons. The van der Waals surface area contributed by atoms with Gasteiger partial charge in [-0.25, -0.2) is 4.79 Å². The molecule has 114 valence electrons. The molecule has 0 unspecified atom stereocenters. The van der Waals surface area contributed by atoms with Gasteiger partial charge in [0.15, 0.2) is 11.6 Å². The van der Waals surface area contributed by atoms with Gasteiger partial charge in [-0.3, -0.25) is 0 Å². The molecule has 6 heteroatoms. The lowest BCUT2D eigenvalue weighted by Gasteiger charge is -2.23. The minimum atomic E-state index is -0.744. The van der Waals surface area contributed by atoms with Crippen molar-refractivity contribution in [2.45, 2.75) is 57.6 Å². The summed E-state index contributed by atoms with van der Waals surface area (Å²) < 4.78 is 28.0. The van der Waals surface area contributed by atoms with E-state index in [0.717, 1.165) is 6.08 Å². The molecule has 0 aromatic carbocycles. The summed E-state index contributed by atoms with van der Waals surface area (Å²) in [7, 11) is 0. The summed E-state index contributed by atoms with van der Waals surface area (Å²) in [6, 6.07) is 0. The number of carbonyl (C=O) groups is 1. The van der Waals surface area contributed by atoms with Crippen LogP contribution in [0.4, 0.5) is 0 Å². The van der Waals surface area contributed by atoms with Crippen LogP contribution in [0.15, 0.2) is 12.7 Å². The summed E-state index contributed by atoms with van der Waals surface area (Å²) in [6.07, 6.45) is 0.133. The van der Waals surface area contributed by atoms with E-state index >= 15 is 0 Å². The van der Waals surface area contributed by atoms with Gasteiger partial charge in [-0.2, -0.15) is 0 Å². The zero-order valence-corrected chi connectivity index (χ0v) is 12.4. The van der Waals surface area contributed by atoms with E-state index in [2.05, 4.69) is 6.58 Å². The first kappa shape index (κ1) is 15.4. The maximum absolute atomic E-state index is 11.2. The first-order valence-electron chi connectivity index (χ1n) is 6.69. The maximum atomic E-state index is 11.2. The van der Waals surface area contributed by atoms with E-state index in [0.29, 0.717) is 6.61 Å². The fourth-order valence-electron chi connectivity index (χ4n) is 2.41. The number of rotatable bonds is 4. The molecule has 2 heterocycles. The molecule has 2 saturated heterocycles. The highest BCUT2D eigenvalue weighted by Crippen LogP contribution is 2.35. The molecule has 0 aromatic rings. The average Bonchev–Trinajstić information content (AvgIpc) is 2.85. The fraction of sp³-hybridized carbons (Fsp3) is 0.786. The van der Waals surface area contributed by atoms with Gasteiger partial charge < -0.3 is 23.7 Å². The Balaban J connectivity index is 2.01. The predicted molar refractivity (Wildman–Crippen MR) is 69.9 cm³/mol. The molecular weight excluding hydrogens is 264 g/mol. The number of hydrogen-bond donors (Lipinski definition) is 0. The minimum absolute atomic E-state index is 0.0965. The quantitative estimate of drug-likeness (QED) is 0.575. The summed E-state index contributed by atoms with van der Waals surface area (Å²) in [5.74, 6) is -1.87. The van der Waals surface area contributed by atoms with Gasteiger partial charge in [0.05, 0.1) is 6.61 Å². The van der Waals surface area contributed by atoms with E-state index in [1.807, 2.05) is 27.7 Å². The molecular formula is C14H22O6. The van der Waals surface area contributed by atoms with Gasteiger partial charge in [0.2, 0.25) is 0 Å². The molecule has 2 rings (SSSR count). The van der Waals surface area contributed by atoms with Crippen LogP contribution in [0.2, 0.25) is 0 Å². The van der Waals surface area contributed by atoms with Crippen LogP contribution in [0.1, 0.15) is 27.7 Å². The average molecular weight is 286 g/mol. The molecule has 2 aliphatic rings. The van der Waals surface area contributed by atoms with E-state index in [-0.39, 0.29) is 18.8 Å². The summed E-state index contributed by atoms with van der Waals surface area (Å²) in [5, 5.41) is 0. The molecule has 0 spiro atoms. The molecule has 0 amide bonds. The number of ether oxygens (including phenoxy) is 5. The summed E-state index contributed by atoms with van der Waals surface area (Å²) in [4.78, 5) is 11.2. The first-order valence-corrected chi connectivity index (χ1v) is 6.69. The Kier molecular flexibility index (Phi) is 4.20. The molecule has 2 fully saturated rings. The van der Waals surface area contributed by atoms with E-state index < -0.39 is 23.6 Å². The van der Waals surface area contributed by atoms with Gasteiger partial charge in [-0.05, 0) is 27.7 Å². The molecule has 0 saturated carbocycles. The van der Waals surface area contributed by atoms with Gasteiger partial charge in [0, 0.05) is 6.08 Å². The summed E-state index contributed by atoms with van der Waals surface area (Å²) in [5.41, 5.74) is 0. The van der Waals surface area contributed by atoms with Crippen LogP contribution < -0.4 is 0 Å². The molecule has 6 nitrogen and oxygen atoms in total. The highest BCUT2D eigenvalue weighted by Gasteiger charge is 2.50. The lowest BCUT2D eigenvalue weighted by atomic mass is 10.1. The zero-order chi connectivity index (χ0) is 15.0. The number of hydrogen-bond acceptors (Lipinski definition) is 6. The second kappa shape index (κ2) is 5.44. The lowest BCUT2D eigenvalue weighted by molar-refractivity contribution is -0.175. The van der Waals surface area contributed by atoms with E-state index in [1.54, 1.807) is 0 Å². The molecule has 0 aromatic heterocycles. The van der Waals surface area contributed by atoms with Crippen molar-refractivity contribution >= 4 is 5.97 Å². The van der Waals surface area contributed by atoms with Crippen molar-refractivity contribution in [3.8, 4) is 0 Å². The van der Waals surface area contributed by atoms with Crippen molar-refractivity contribution in [1.29, 1.82) is 0 Å². The maximum Gasteiger partial charge on any atom is 0.330 e. The fourth-order valence-corrected chi connectivity index (χ4v) is 2.41. The topological polar surface area (TPSA) is 63.2 Å². The van der Waals surface area contributed by atoms with E-state index in [1.165, 1.54) is 0 Å².